The van der Waals surface area contributed by atoms with Crippen molar-refractivity contribution in [3.63, 3.8) is 0 Å². The number of carboxylic acid groups (broad SMARTS) is 1. The quantitative estimate of drug-likeness (QED) is 0.895. The summed E-state index contributed by atoms with van der Waals surface area (Å²) in [6, 6.07) is 7.37. The molecule has 1 saturated heterocycles. The predicted octanol–water partition coefficient (Wildman–Crippen LogP) is 1.10. The Morgan fingerprint density at radius 3 is 2.55 bits per heavy atom. The topological polar surface area (TPSA) is 66.8 Å². The molecule has 1 heterocycles. The Hall–Kier alpha value is -1.88. The molecule has 0 aromatic heterocycles. The molecule has 0 bridgehead atoms. The van der Waals surface area contributed by atoms with E-state index in [2.05, 4.69) is 0 Å². The number of carbonyl (C=O) groups is 2. The lowest BCUT2D eigenvalue weighted by Crippen LogP contribution is -2.44. The SMILES string of the molecule is Cc1ccc(CC(=O)N(C)C2COCC2C(=O)O)cc1. The highest BCUT2D eigenvalue weighted by atomic mass is 16.5. The Balaban J connectivity index is 2.01. The van der Waals surface area contributed by atoms with Crippen molar-refractivity contribution in [1.29, 1.82) is 0 Å². The molecule has 2 rings (SSSR count). The normalized spacial score (nSPS) is 21.7. The average molecular weight is 277 g/mol. The van der Waals surface area contributed by atoms with E-state index in [1.807, 2.05) is 31.2 Å². The lowest BCUT2D eigenvalue weighted by Gasteiger charge is -2.26. The summed E-state index contributed by atoms with van der Waals surface area (Å²) in [7, 11) is 1.64. The van der Waals surface area contributed by atoms with Crippen molar-refractivity contribution in [3.8, 4) is 0 Å². The van der Waals surface area contributed by atoms with Crippen LogP contribution in [0.15, 0.2) is 24.3 Å². The molecule has 2 unspecified atom stereocenters. The van der Waals surface area contributed by atoms with Crippen LogP contribution in [0.2, 0.25) is 0 Å². The third kappa shape index (κ3) is 3.17. The van der Waals surface area contributed by atoms with Gasteiger partial charge in [-0.25, -0.2) is 0 Å². The van der Waals surface area contributed by atoms with Gasteiger partial charge in [-0.2, -0.15) is 0 Å². The van der Waals surface area contributed by atoms with Crippen molar-refractivity contribution in [3.05, 3.63) is 35.4 Å². The third-order valence-electron chi connectivity index (χ3n) is 3.73. The standard InChI is InChI=1S/C15H19NO4/c1-10-3-5-11(6-4-10)7-14(17)16(2)13-9-20-8-12(13)15(18)19/h3-6,12-13H,7-9H2,1-2H3,(H,18,19). The molecule has 1 aliphatic heterocycles. The molecule has 0 saturated carbocycles. The molecule has 5 heteroatoms. The lowest BCUT2D eigenvalue weighted by molar-refractivity contribution is -0.144. The fraction of sp³-hybridized carbons (Fsp3) is 0.467. The van der Waals surface area contributed by atoms with Gasteiger partial charge in [-0.15, -0.1) is 0 Å². The van der Waals surface area contributed by atoms with Gasteiger partial charge in [0.05, 0.1) is 25.7 Å². The molecule has 0 aliphatic carbocycles. The highest BCUT2D eigenvalue weighted by Crippen LogP contribution is 2.20. The minimum Gasteiger partial charge on any atom is -0.481 e. The maximum atomic E-state index is 12.2. The van der Waals surface area contributed by atoms with Gasteiger partial charge in [-0.05, 0) is 12.5 Å². The van der Waals surface area contributed by atoms with Crippen LogP contribution in [0.1, 0.15) is 11.1 Å². The molecule has 108 valence electrons. The molecule has 1 aromatic rings. The van der Waals surface area contributed by atoms with Gasteiger partial charge in [0.15, 0.2) is 0 Å². The van der Waals surface area contributed by atoms with Gasteiger partial charge >= 0.3 is 5.97 Å². The molecule has 0 radical (unpaired) electrons. The predicted molar refractivity (Wildman–Crippen MR) is 73.4 cm³/mol. The van der Waals surface area contributed by atoms with Crippen LogP contribution in [0.3, 0.4) is 0 Å². The van der Waals surface area contributed by atoms with Crippen LogP contribution in [0.5, 0.6) is 0 Å². The number of carboxylic acids is 1. The number of carbonyl (C=O) groups excluding carboxylic acids is 1. The number of ether oxygens (including phenoxy) is 1. The van der Waals surface area contributed by atoms with Crippen LogP contribution >= 0.6 is 0 Å². The van der Waals surface area contributed by atoms with Crippen LogP contribution in [-0.2, 0) is 20.7 Å². The van der Waals surface area contributed by atoms with E-state index < -0.39 is 11.9 Å². The van der Waals surface area contributed by atoms with Gasteiger partial charge in [0, 0.05) is 7.05 Å². The number of aryl methyl sites for hydroxylation is 1. The number of aliphatic carboxylic acids is 1. The van der Waals surface area contributed by atoms with Crippen molar-refractivity contribution in [2.75, 3.05) is 20.3 Å². The second-order valence-corrected chi connectivity index (χ2v) is 5.22. The molecule has 1 amide bonds. The molecule has 2 atom stereocenters. The van der Waals surface area contributed by atoms with Crippen molar-refractivity contribution >= 4 is 11.9 Å². The van der Waals surface area contributed by atoms with Gasteiger partial charge in [0.2, 0.25) is 5.91 Å². The van der Waals surface area contributed by atoms with Crippen molar-refractivity contribution in [2.45, 2.75) is 19.4 Å². The molecule has 1 fully saturated rings. The molecule has 1 N–H and O–H groups in total. The van der Waals surface area contributed by atoms with Crippen molar-refractivity contribution < 1.29 is 19.4 Å². The first-order chi connectivity index (χ1) is 9.49. The van der Waals surface area contributed by atoms with E-state index in [0.29, 0.717) is 0 Å². The third-order valence-corrected chi connectivity index (χ3v) is 3.73. The van der Waals surface area contributed by atoms with E-state index in [0.717, 1.165) is 11.1 Å². The smallest absolute Gasteiger partial charge is 0.311 e. The number of hydrogen-bond donors (Lipinski definition) is 1. The van der Waals surface area contributed by atoms with E-state index in [9.17, 15) is 9.59 Å². The van der Waals surface area contributed by atoms with Crippen LogP contribution in [0.4, 0.5) is 0 Å². The number of benzene rings is 1. The molecular formula is C15H19NO4. The van der Waals surface area contributed by atoms with Gasteiger partial charge in [0.25, 0.3) is 0 Å². The van der Waals surface area contributed by atoms with Gasteiger partial charge in [0.1, 0.15) is 5.92 Å². The maximum Gasteiger partial charge on any atom is 0.311 e. The largest absolute Gasteiger partial charge is 0.481 e. The van der Waals surface area contributed by atoms with Crippen LogP contribution in [0, 0.1) is 12.8 Å². The monoisotopic (exact) mass is 277 g/mol. The molecule has 20 heavy (non-hydrogen) atoms. The summed E-state index contributed by atoms with van der Waals surface area (Å²) in [5.41, 5.74) is 2.07. The summed E-state index contributed by atoms with van der Waals surface area (Å²) in [4.78, 5) is 24.9. The summed E-state index contributed by atoms with van der Waals surface area (Å²) in [6.07, 6.45) is 0.277. The van der Waals surface area contributed by atoms with E-state index in [1.165, 1.54) is 4.90 Å². The Morgan fingerprint density at radius 2 is 1.95 bits per heavy atom. The van der Waals surface area contributed by atoms with E-state index in [-0.39, 0.29) is 31.6 Å². The lowest BCUT2D eigenvalue weighted by atomic mass is 10.0. The second kappa shape index (κ2) is 6.05. The minimum atomic E-state index is -0.914. The highest BCUT2D eigenvalue weighted by Gasteiger charge is 2.38. The molecule has 5 nitrogen and oxygen atoms in total. The summed E-state index contributed by atoms with van der Waals surface area (Å²) in [6.45, 7) is 2.44. The number of nitrogens with zero attached hydrogens (tertiary/aromatic N) is 1. The average Bonchev–Trinajstić information content (AvgIpc) is 2.90. The fourth-order valence-corrected chi connectivity index (χ4v) is 2.35. The number of likely N-dealkylation sites (N-methyl/N-ethyl adjacent to an activating group) is 1. The summed E-state index contributed by atoms with van der Waals surface area (Å²) in [5, 5.41) is 9.12. The molecular weight excluding hydrogens is 258 g/mol. The highest BCUT2D eigenvalue weighted by molar-refractivity contribution is 5.80. The summed E-state index contributed by atoms with van der Waals surface area (Å²) in [5.74, 6) is -1.64. The Bertz CT molecular complexity index is 497. The van der Waals surface area contributed by atoms with Crippen LogP contribution < -0.4 is 0 Å². The van der Waals surface area contributed by atoms with Crippen LogP contribution in [-0.4, -0.2) is 48.2 Å². The van der Waals surface area contributed by atoms with Gasteiger partial charge in [-0.3, -0.25) is 9.59 Å². The Labute approximate surface area is 118 Å². The molecule has 0 spiro atoms. The fourth-order valence-electron chi connectivity index (χ4n) is 2.35. The zero-order chi connectivity index (χ0) is 14.7. The number of hydrogen-bond acceptors (Lipinski definition) is 3. The van der Waals surface area contributed by atoms with Gasteiger partial charge < -0.3 is 14.7 Å². The zero-order valence-corrected chi connectivity index (χ0v) is 11.7. The summed E-state index contributed by atoms with van der Waals surface area (Å²) >= 11 is 0. The first kappa shape index (κ1) is 14.5. The maximum absolute atomic E-state index is 12.2. The molecule has 1 aliphatic rings. The first-order valence-corrected chi connectivity index (χ1v) is 6.61. The minimum absolute atomic E-state index is 0.0874. The van der Waals surface area contributed by atoms with E-state index >= 15 is 0 Å². The van der Waals surface area contributed by atoms with E-state index in [1.54, 1.807) is 7.05 Å². The van der Waals surface area contributed by atoms with Crippen molar-refractivity contribution in [2.24, 2.45) is 5.92 Å². The zero-order valence-electron chi connectivity index (χ0n) is 11.7. The Morgan fingerprint density at radius 1 is 1.30 bits per heavy atom. The Kier molecular flexibility index (Phi) is 4.39. The number of amides is 1. The molecule has 1 aromatic carbocycles. The van der Waals surface area contributed by atoms with Gasteiger partial charge in [-0.1, -0.05) is 29.8 Å². The van der Waals surface area contributed by atoms with Crippen LogP contribution in [0.25, 0.3) is 0 Å². The van der Waals surface area contributed by atoms with Crippen molar-refractivity contribution in [1.82, 2.24) is 4.90 Å². The summed E-state index contributed by atoms with van der Waals surface area (Å²) < 4.78 is 5.19. The first-order valence-electron chi connectivity index (χ1n) is 6.61. The number of rotatable bonds is 4. The van der Waals surface area contributed by atoms with E-state index in [4.69, 9.17) is 9.84 Å². The second-order valence-electron chi connectivity index (χ2n) is 5.22.